The van der Waals surface area contributed by atoms with Crippen LogP contribution in [-0.4, -0.2) is 16.8 Å². The summed E-state index contributed by atoms with van der Waals surface area (Å²) in [7, 11) is 0. The molecule has 3 rings (SSSR count). The lowest BCUT2D eigenvalue weighted by atomic mass is 10.1. The summed E-state index contributed by atoms with van der Waals surface area (Å²) in [6.07, 6.45) is 2.47. The molecule has 1 aliphatic carbocycles. The first-order valence-electron chi connectivity index (χ1n) is 7.66. The van der Waals surface area contributed by atoms with Crippen LogP contribution in [0, 0.1) is 11.2 Å². The number of hydrogen-bond acceptors (Lipinski definition) is 4. The van der Waals surface area contributed by atoms with E-state index >= 15 is 0 Å². The van der Waals surface area contributed by atoms with Crippen molar-refractivity contribution in [2.45, 2.75) is 19.4 Å². The Morgan fingerprint density at radius 2 is 2.04 bits per heavy atom. The van der Waals surface area contributed by atoms with E-state index in [0.717, 1.165) is 0 Å². The van der Waals surface area contributed by atoms with Crippen molar-refractivity contribution in [1.29, 1.82) is 0 Å². The van der Waals surface area contributed by atoms with E-state index in [2.05, 4.69) is 15.6 Å². The zero-order chi connectivity index (χ0) is 18.0. The molecule has 130 valence electrons. The summed E-state index contributed by atoms with van der Waals surface area (Å²) in [6, 6.07) is 7.78. The lowest BCUT2D eigenvalue weighted by Crippen LogP contribution is -2.40. The van der Waals surface area contributed by atoms with E-state index in [0.29, 0.717) is 24.2 Å². The van der Waals surface area contributed by atoms with Gasteiger partial charge in [0.25, 0.3) is 0 Å². The number of pyridine rings is 1. The van der Waals surface area contributed by atoms with E-state index in [1.165, 1.54) is 18.3 Å². The van der Waals surface area contributed by atoms with Crippen LogP contribution < -0.4 is 16.4 Å². The number of nitrogens with one attached hydrogen (secondary N) is 2. The van der Waals surface area contributed by atoms with Crippen molar-refractivity contribution < 1.29 is 14.0 Å². The van der Waals surface area contributed by atoms with Crippen molar-refractivity contribution in [2.24, 2.45) is 11.1 Å². The zero-order valence-corrected chi connectivity index (χ0v) is 13.9. The van der Waals surface area contributed by atoms with E-state index in [-0.39, 0.29) is 23.2 Å². The second-order valence-corrected chi connectivity index (χ2v) is 6.30. The molecule has 8 heteroatoms. The summed E-state index contributed by atoms with van der Waals surface area (Å²) >= 11 is 5.96. The van der Waals surface area contributed by atoms with Gasteiger partial charge in [0.05, 0.1) is 34.8 Å². The maximum Gasteiger partial charge on any atom is 0.236 e. The van der Waals surface area contributed by atoms with Crippen LogP contribution in [0.2, 0.25) is 5.02 Å². The largest absolute Gasteiger partial charge is 0.369 e. The maximum atomic E-state index is 13.8. The van der Waals surface area contributed by atoms with Gasteiger partial charge in [-0.1, -0.05) is 17.7 Å². The second-order valence-electron chi connectivity index (χ2n) is 5.89. The van der Waals surface area contributed by atoms with Crippen LogP contribution in [0.3, 0.4) is 0 Å². The number of carbonyl (C=O) groups excluding carboxylic acids is 2. The van der Waals surface area contributed by atoms with E-state index in [4.69, 9.17) is 17.3 Å². The summed E-state index contributed by atoms with van der Waals surface area (Å²) in [6.45, 7) is 0.175. The van der Waals surface area contributed by atoms with Crippen LogP contribution in [0.15, 0.2) is 36.5 Å². The van der Waals surface area contributed by atoms with Gasteiger partial charge in [-0.3, -0.25) is 14.6 Å². The Balaban J connectivity index is 1.61. The Morgan fingerprint density at radius 1 is 1.28 bits per heavy atom. The van der Waals surface area contributed by atoms with E-state index in [1.807, 2.05) is 0 Å². The first-order valence-corrected chi connectivity index (χ1v) is 8.04. The highest BCUT2D eigenvalue weighted by Crippen LogP contribution is 2.45. The Labute approximate surface area is 148 Å². The summed E-state index contributed by atoms with van der Waals surface area (Å²) in [5, 5.41) is 5.79. The summed E-state index contributed by atoms with van der Waals surface area (Å²) in [5.41, 5.74) is 5.52. The maximum absolute atomic E-state index is 13.8. The number of primary amides is 1. The number of para-hydroxylation sites is 1. The average Bonchev–Trinajstić information content (AvgIpc) is 3.39. The molecule has 0 bridgehead atoms. The van der Waals surface area contributed by atoms with Gasteiger partial charge in [0.15, 0.2) is 0 Å². The third-order valence-corrected chi connectivity index (χ3v) is 4.46. The summed E-state index contributed by atoms with van der Waals surface area (Å²) in [4.78, 5) is 27.5. The van der Waals surface area contributed by atoms with Gasteiger partial charge in [-0.2, -0.15) is 0 Å². The van der Waals surface area contributed by atoms with Crippen LogP contribution in [-0.2, 0) is 16.1 Å². The number of rotatable bonds is 6. The topological polar surface area (TPSA) is 97.1 Å². The molecule has 2 aromatic rings. The second kappa shape index (κ2) is 6.68. The lowest BCUT2D eigenvalue weighted by molar-refractivity contribution is -0.135. The Morgan fingerprint density at radius 3 is 2.60 bits per heavy atom. The van der Waals surface area contributed by atoms with Gasteiger partial charge in [0.2, 0.25) is 11.8 Å². The van der Waals surface area contributed by atoms with Crippen molar-refractivity contribution in [3.63, 3.8) is 0 Å². The molecule has 2 amide bonds. The van der Waals surface area contributed by atoms with Crippen LogP contribution in [0.1, 0.15) is 18.5 Å². The average molecular weight is 363 g/mol. The molecule has 0 radical (unpaired) electrons. The number of nitrogens with zero attached hydrogens (tertiary/aromatic N) is 1. The first kappa shape index (κ1) is 17.2. The highest BCUT2D eigenvalue weighted by molar-refractivity contribution is 6.33. The minimum Gasteiger partial charge on any atom is -0.369 e. The van der Waals surface area contributed by atoms with Crippen LogP contribution in [0.5, 0.6) is 0 Å². The lowest BCUT2D eigenvalue weighted by Gasteiger charge is -2.12. The number of aromatic nitrogens is 1. The highest BCUT2D eigenvalue weighted by Gasteiger charge is 2.55. The molecule has 1 aromatic heterocycles. The number of hydrogen-bond donors (Lipinski definition) is 3. The monoisotopic (exact) mass is 362 g/mol. The molecule has 0 aliphatic heterocycles. The van der Waals surface area contributed by atoms with Gasteiger partial charge in [-0.25, -0.2) is 4.39 Å². The van der Waals surface area contributed by atoms with Crippen molar-refractivity contribution in [3.8, 4) is 0 Å². The Kier molecular flexibility index (Phi) is 4.59. The molecule has 0 spiro atoms. The molecular weight excluding hydrogens is 347 g/mol. The van der Waals surface area contributed by atoms with Gasteiger partial charge in [-0.05, 0) is 37.1 Å². The van der Waals surface area contributed by atoms with Crippen molar-refractivity contribution in [3.05, 3.63) is 53.1 Å². The predicted molar refractivity (Wildman–Crippen MR) is 91.6 cm³/mol. The fraction of sp³-hybridized carbons (Fsp3) is 0.235. The first-order chi connectivity index (χ1) is 11.9. The number of nitrogens with two attached hydrogens (primary N) is 1. The number of anilines is 2. The fourth-order valence-corrected chi connectivity index (χ4v) is 2.63. The molecule has 1 heterocycles. The number of amides is 2. The molecule has 1 aliphatic rings. The Hall–Kier alpha value is -2.67. The molecule has 0 saturated heterocycles. The summed E-state index contributed by atoms with van der Waals surface area (Å²) < 4.78 is 13.8. The quantitative estimate of drug-likeness (QED) is 0.688. The molecule has 25 heavy (non-hydrogen) atoms. The molecule has 1 aromatic carbocycles. The third-order valence-electron chi connectivity index (χ3n) is 4.14. The van der Waals surface area contributed by atoms with Crippen molar-refractivity contribution in [1.82, 2.24) is 10.3 Å². The SMILES string of the molecule is NC(=O)C1(C(=O)NCc2ccc(Nc3c(F)cccc3Cl)cn2)CC1. The molecule has 1 saturated carbocycles. The Bertz CT molecular complexity index is 802. The highest BCUT2D eigenvalue weighted by atomic mass is 35.5. The summed E-state index contributed by atoms with van der Waals surface area (Å²) in [5.74, 6) is -1.44. The van der Waals surface area contributed by atoms with Gasteiger partial charge in [-0.15, -0.1) is 0 Å². The van der Waals surface area contributed by atoms with E-state index in [9.17, 15) is 14.0 Å². The number of benzene rings is 1. The molecular formula is C17H16ClFN4O2. The standard InChI is InChI=1S/C17H16ClFN4O2/c18-12-2-1-3-13(19)14(12)23-11-5-4-10(21-9-11)8-22-16(25)17(6-7-17)15(20)24/h1-5,9,23H,6-8H2,(H2,20,24)(H,22,25). The van der Waals surface area contributed by atoms with Gasteiger partial charge in [0, 0.05) is 0 Å². The minimum atomic E-state index is -1.05. The van der Waals surface area contributed by atoms with Gasteiger partial charge >= 0.3 is 0 Å². The number of halogens is 2. The van der Waals surface area contributed by atoms with E-state index < -0.39 is 17.1 Å². The molecule has 1 fully saturated rings. The van der Waals surface area contributed by atoms with Crippen molar-refractivity contribution >= 4 is 34.8 Å². The van der Waals surface area contributed by atoms with E-state index in [1.54, 1.807) is 18.2 Å². The predicted octanol–water partition coefficient (Wildman–Crippen LogP) is 2.50. The van der Waals surface area contributed by atoms with Crippen LogP contribution in [0.4, 0.5) is 15.8 Å². The molecule has 6 nitrogen and oxygen atoms in total. The smallest absolute Gasteiger partial charge is 0.236 e. The fourth-order valence-electron chi connectivity index (χ4n) is 2.41. The molecule has 0 atom stereocenters. The van der Waals surface area contributed by atoms with Crippen LogP contribution >= 0.6 is 11.6 Å². The third kappa shape index (κ3) is 3.56. The molecule has 4 N–H and O–H groups in total. The normalized spacial score (nSPS) is 14.6. The van der Waals surface area contributed by atoms with Gasteiger partial charge < -0.3 is 16.4 Å². The number of carbonyl (C=O) groups is 2. The minimum absolute atomic E-state index is 0.171. The molecule has 0 unspecified atom stereocenters. The zero-order valence-electron chi connectivity index (χ0n) is 13.2. The van der Waals surface area contributed by atoms with Crippen LogP contribution in [0.25, 0.3) is 0 Å². The van der Waals surface area contributed by atoms with Gasteiger partial charge in [0.1, 0.15) is 11.2 Å². The van der Waals surface area contributed by atoms with Crippen molar-refractivity contribution in [2.75, 3.05) is 5.32 Å².